The van der Waals surface area contributed by atoms with Gasteiger partial charge >= 0.3 is 0 Å². The van der Waals surface area contributed by atoms with Crippen LogP contribution in [-0.4, -0.2) is 55.7 Å². The van der Waals surface area contributed by atoms with Gasteiger partial charge in [0.25, 0.3) is 0 Å². The molecule has 0 unspecified atom stereocenters. The summed E-state index contributed by atoms with van der Waals surface area (Å²) in [5.41, 5.74) is 1.84. The van der Waals surface area contributed by atoms with Crippen LogP contribution in [0, 0.1) is 0 Å². The highest BCUT2D eigenvalue weighted by atomic mass is 32.1. The molecule has 0 aliphatic heterocycles. The third-order valence-corrected chi connectivity index (χ3v) is 6.28. The first-order chi connectivity index (χ1) is 15.1. The SMILES string of the molecule is CCOc1ccc(CC(=O)N(CCN(CC)CC)c2nc3ccc(OC)cc3s2)cc1. The Bertz CT molecular complexity index is 983. The maximum absolute atomic E-state index is 13.3. The Hall–Kier alpha value is -2.64. The summed E-state index contributed by atoms with van der Waals surface area (Å²) in [7, 11) is 1.65. The van der Waals surface area contributed by atoms with E-state index in [1.54, 1.807) is 7.11 Å². The van der Waals surface area contributed by atoms with E-state index >= 15 is 0 Å². The molecule has 0 N–H and O–H groups in total. The molecule has 0 spiro atoms. The highest BCUT2D eigenvalue weighted by Crippen LogP contribution is 2.32. The summed E-state index contributed by atoms with van der Waals surface area (Å²) in [6.07, 6.45) is 0.323. The zero-order chi connectivity index (χ0) is 22.2. The number of hydrogen-bond donors (Lipinski definition) is 0. The Balaban J connectivity index is 1.83. The molecule has 1 heterocycles. The maximum Gasteiger partial charge on any atom is 0.233 e. The molecule has 0 atom stereocenters. The van der Waals surface area contributed by atoms with Crippen molar-refractivity contribution in [2.75, 3.05) is 44.8 Å². The molecular weight excluding hydrogens is 410 g/mol. The molecular formula is C24H31N3O3S. The van der Waals surface area contributed by atoms with Crippen LogP contribution < -0.4 is 14.4 Å². The van der Waals surface area contributed by atoms with E-state index < -0.39 is 0 Å². The zero-order valence-electron chi connectivity index (χ0n) is 18.8. The van der Waals surface area contributed by atoms with Crippen molar-refractivity contribution in [3.8, 4) is 11.5 Å². The van der Waals surface area contributed by atoms with Crippen LogP contribution in [0.15, 0.2) is 42.5 Å². The first kappa shape index (κ1) is 23.0. The summed E-state index contributed by atoms with van der Waals surface area (Å²) in [5.74, 6) is 1.65. The van der Waals surface area contributed by atoms with Gasteiger partial charge in [0.15, 0.2) is 5.13 Å². The van der Waals surface area contributed by atoms with E-state index in [1.807, 2.05) is 54.3 Å². The van der Waals surface area contributed by atoms with Crippen LogP contribution in [0.2, 0.25) is 0 Å². The summed E-state index contributed by atoms with van der Waals surface area (Å²) < 4.78 is 11.9. The van der Waals surface area contributed by atoms with Crippen LogP contribution in [0.3, 0.4) is 0 Å². The number of amides is 1. The fraction of sp³-hybridized carbons (Fsp3) is 0.417. The van der Waals surface area contributed by atoms with Crippen molar-refractivity contribution in [3.63, 3.8) is 0 Å². The molecule has 0 aliphatic carbocycles. The second-order valence-electron chi connectivity index (χ2n) is 7.16. The number of thiazole rings is 1. The van der Waals surface area contributed by atoms with Crippen molar-refractivity contribution in [2.45, 2.75) is 27.2 Å². The van der Waals surface area contributed by atoms with E-state index in [9.17, 15) is 4.79 Å². The third-order valence-electron chi connectivity index (χ3n) is 5.24. The number of rotatable bonds is 11. The van der Waals surface area contributed by atoms with Crippen molar-refractivity contribution in [1.29, 1.82) is 0 Å². The highest BCUT2D eigenvalue weighted by Gasteiger charge is 2.21. The Morgan fingerprint density at radius 1 is 1.00 bits per heavy atom. The summed E-state index contributed by atoms with van der Waals surface area (Å²) in [4.78, 5) is 22.2. The number of anilines is 1. The van der Waals surface area contributed by atoms with Gasteiger partial charge in [-0.15, -0.1) is 0 Å². The van der Waals surface area contributed by atoms with Gasteiger partial charge in [0.2, 0.25) is 5.91 Å². The molecule has 0 saturated carbocycles. The number of carbonyl (C=O) groups excluding carboxylic acids is 1. The first-order valence-corrected chi connectivity index (χ1v) is 11.6. The Morgan fingerprint density at radius 3 is 2.35 bits per heavy atom. The Morgan fingerprint density at radius 2 is 1.71 bits per heavy atom. The summed E-state index contributed by atoms with van der Waals surface area (Å²) in [6.45, 7) is 10.2. The van der Waals surface area contributed by atoms with E-state index in [-0.39, 0.29) is 5.91 Å². The van der Waals surface area contributed by atoms with Crippen molar-refractivity contribution >= 4 is 32.6 Å². The van der Waals surface area contributed by atoms with Gasteiger partial charge in [-0.25, -0.2) is 4.98 Å². The molecule has 166 valence electrons. The van der Waals surface area contributed by atoms with E-state index in [4.69, 9.17) is 14.5 Å². The minimum Gasteiger partial charge on any atom is -0.497 e. The second-order valence-corrected chi connectivity index (χ2v) is 8.17. The third kappa shape index (κ3) is 5.95. The van der Waals surface area contributed by atoms with Crippen molar-refractivity contribution < 1.29 is 14.3 Å². The van der Waals surface area contributed by atoms with Crippen LogP contribution in [0.25, 0.3) is 10.2 Å². The molecule has 2 aromatic carbocycles. The number of methoxy groups -OCH3 is 1. The molecule has 1 aromatic heterocycles. The zero-order valence-corrected chi connectivity index (χ0v) is 19.6. The fourth-order valence-corrected chi connectivity index (χ4v) is 4.42. The van der Waals surface area contributed by atoms with Crippen LogP contribution in [0.1, 0.15) is 26.3 Å². The van der Waals surface area contributed by atoms with Gasteiger partial charge in [-0.3, -0.25) is 9.69 Å². The topological polar surface area (TPSA) is 54.9 Å². The number of nitrogens with zero attached hydrogens (tertiary/aromatic N) is 3. The summed E-state index contributed by atoms with van der Waals surface area (Å²) in [5, 5.41) is 0.728. The van der Waals surface area contributed by atoms with Gasteiger partial charge in [-0.1, -0.05) is 37.3 Å². The van der Waals surface area contributed by atoms with E-state index in [2.05, 4.69) is 18.7 Å². The minimum absolute atomic E-state index is 0.0438. The quantitative estimate of drug-likeness (QED) is 0.435. The number of fused-ring (bicyclic) bond motifs is 1. The molecule has 31 heavy (non-hydrogen) atoms. The molecule has 3 aromatic rings. The minimum atomic E-state index is 0.0438. The summed E-state index contributed by atoms with van der Waals surface area (Å²) in [6, 6.07) is 13.5. The van der Waals surface area contributed by atoms with Crippen molar-refractivity contribution in [3.05, 3.63) is 48.0 Å². The number of benzene rings is 2. The van der Waals surface area contributed by atoms with Crippen molar-refractivity contribution in [2.24, 2.45) is 0 Å². The number of likely N-dealkylation sites (N-methyl/N-ethyl adjacent to an activating group) is 1. The summed E-state index contributed by atoms with van der Waals surface area (Å²) >= 11 is 1.53. The largest absolute Gasteiger partial charge is 0.497 e. The van der Waals surface area contributed by atoms with Gasteiger partial charge < -0.3 is 14.4 Å². The number of carbonyl (C=O) groups is 1. The van der Waals surface area contributed by atoms with Gasteiger partial charge in [0, 0.05) is 13.1 Å². The molecule has 0 bridgehead atoms. The molecule has 7 heteroatoms. The molecule has 0 aliphatic rings. The highest BCUT2D eigenvalue weighted by molar-refractivity contribution is 7.22. The lowest BCUT2D eigenvalue weighted by Gasteiger charge is -2.24. The lowest BCUT2D eigenvalue weighted by atomic mass is 10.1. The number of aromatic nitrogens is 1. The maximum atomic E-state index is 13.3. The average molecular weight is 442 g/mol. The van der Waals surface area contributed by atoms with E-state index in [0.717, 1.165) is 52.0 Å². The second kappa shape index (κ2) is 11.1. The van der Waals surface area contributed by atoms with E-state index in [1.165, 1.54) is 11.3 Å². The van der Waals surface area contributed by atoms with Crippen LogP contribution in [-0.2, 0) is 11.2 Å². The number of hydrogen-bond acceptors (Lipinski definition) is 6. The standard InChI is InChI=1S/C24H31N3O3S/c1-5-26(6-2)14-15-27(23(28)16-18-8-10-19(11-9-18)30-7-3)24-25-21-13-12-20(29-4)17-22(21)31-24/h8-13,17H,5-7,14-16H2,1-4H3. The molecule has 6 nitrogen and oxygen atoms in total. The van der Waals surface area contributed by atoms with Gasteiger partial charge in [-0.05, 0) is 55.9 Å². The molecule has 3 rings (SSSR count). The van der Waals surface area contributed by atoms with Crippen LogP contribution >= 0.6 is 11.3 Å². The van der Waals surface area contributed by atoms with Crippen LogP contribution in [0.5, 0.6) is 11.5 Å². The lowest BCUT2D eigenvalue weighted by Crippen LogP contribution is -2.39. The molecule has 0 fully saturated rings. The number of ether oxygens (including phenoxy) is 2. The van der Waals surface area contributed by atoms with Gasteiger partial charge in [-0.2, -0.15) is 0 Å². The predicted octanol–water partition coefficient (Wildman–Crippen LogP) is 4.62. The Labute approximate surface area is 188 Å². The van der Waals surface area contributed by atoms with Crippen LogP contribution in [0.4, 0.5) is 5.13 Å². The van der Waals surface area contributed by atoms with Gasteiger partial charge in [0.1, 0.15) is 11.5 Å². The van der Waals surface area contributed by atoms with Gasteiger partial charge in [0.05, 0.1) is 30.4 Å². The lowest BCUT2D eigenvalue weighted by molar-refractivity contribution is -0.118. The fourth-order valence-electron chi connectivity index (χ4n) is 3.38. The van der Waals surface area contributed by atoms with Crippen molar-refractivity contribution in [1.82, 2.24) is 9.88 Å². The van der Waals surface area contributed by atoms with E-state index in [0.29, 0.717) is 19.6 Å². The predicted molar refractivity (Wildman–Crippen MR) is 128 cm³/mol. The average Bonchev–Trinajstić information content (AvgIpc) is 3.21. The molecule has 0 radical (unpaired) electrons. The smallest absolute Gasteiger partial charge is 0.233 e. The monoisotopic (exact) mass is 441 g/mol. The Kier molecular flexibility index (Phi) is 8.26. The molecule has 1 amide bonds. The first-order valence-electron chi connectivity index (χ1n) is 10.8. The normalized spacial score (nSPS) is 11.1. The molecule has 0 saturated heterocycles.